The van der Waals surface area contributed by atoms with Crippen molar-refractivity contribution in [3.63, 3.8) is 0 Å². The first-order valence-corrected chi connectivity index (χ1v) is 6.06. The van der Waals surface area contributed by atoms with Gasteiger partial charge in [0.2, 0.25) is 5.75 Å². The largest absolute Gasteiger partial charge is 0.450 e. The highest BCUT2D eigenvalue weighted by Crippen LogP contribution is 2.35. The number of nitrogens with two attached hydrogens (primary N) is 1. The number of rotatable bonds is 4. The first-order valence-electron chi connectivity index (χ1n) is 6.06. The van der Waals surface area contributed by atoms with Gasteiger partial charge < -0.3 is 10.5 Å². The Kier molecular flexibility index (Phi) is 4.13. The fraction of sp³-hybridized carbons (Fsp3) is 0.143. The van der Waals surface area contributed by atoms with Crippen molar-refractivity contribution in [2.24, 2.45) is 5.73 Å². The van der Waals surface area contributed by atoms with Crippen LogP contribution in [0.2, 0.25) is 0 Å². The van der Waals surface area contributed by atoms with Crippen molar-refractivity contribution in [3.05, 3.63) is 63.7 Å². The molecule has 0 aliphatic carbocycles. The molecule has 0 unspecified atom stereocenters. The molecular weight excluding hydrogens is 282 g/mol. The predicted octanol–water partition coefficient (Wildman–Crippen LogP) is 3.69. The quantitative estimate of drug-likeness (QED) is 0.689. The molecule has 0 fully saturated rings. The molecule has 0 aromatic heterocycles. The summed E-state index contributed by atoms with van der Waals surface area (Å²) in [5.41, 5.74) is 5.31. The van der Waals surface area contributed by atoms with E-state index in [2.05, 4.69) is 0 Å². The third kappa shape index (κ3) is 3.14. The SMILES string of the molecule is C[C@H](N)c1c(F)cccc1Oc1cc(F)ccc1[N+](=O)[O-]. The fourth-order valence-electron chi connectivity index (χ4n) is 1.89. The van der Waals surface area contributed by atoms with Crippen molar-refractivity contribution < 1.29 is 18.4 Å². The molecule has 0 saturated heterocycles. The summed E-state index contributed by atoms with van der Waals surface area (Å²) < 4.78 is 32.3. The Morgan fingerprint density at radius 2 is 1.95 bits per heavy atom. The average molecular weight is 294 g/mol. The Bertz CT molecular complexity index is 690. The van der Waals surface area contributed by atoms with Crippen molar-refractivity contribution in [2.75, 3.05) is 0 Å². The number of hydrogen-bond acceptors (Lipinski definition) is 4. The van der Waals surface area contributed by atoms with Crippen LogP contribution in [0.5, 0.6) is 11.5 Å². The van der Waals surface area contributed by atoms with E-state index in [9.17, 15) is 18.9 Å². The maximum Gasteiger partial charge on any atom is 0.311 e. The lowest BCUT2D eigenvalue weighted by molar-refractivity contribution is -0.385. The summed E-state index contributed by atoms with van der Waals surface area (Å²) in [6.07, 6.45) is 0. The van der Waals surface area contributed by atoms with E-state index in [-0.39, 0.29) is 17.1 Å². The Morgan fingerprint density at radius 1 is 1.24 bits per heavy atom. The first kappa shape index (κ1) is 14.9. The Morgan fingerprint density at radius 3 is 2.57 bits per heavy atom. The van der Waals surface area contributed by atoms with Gasteiger partial charge in [-0.15, -0.1) is 0 Å². The lowest BCUT2D eigenvalue weighted by atomic mass is 10.1. The van der Waals surface area contributed by atoms with E-state index in [1.165, 1.54) is 18.2 Å². The van der Waals surface area contributed by atoms with Crippen molar-refractivity contribution in [3.8, 4) is 11.5 Å². The lowest BCUT2D eigenvalue weighted by Crippen LogP contribution is -2.09. The van der Waals surface area contributed by atoms with Crippen LogP contribution >= 0.6 is 0 Å². The second-order valence-electron chi connectivity index (χ2n) is 4.41. The summed E-state index contributed by atoms with van der Waals surface area (Å²) in [5, 5.41) is 10.9. The number of nitro benzene ring substituents is 1. The van der Waals surface area contributed by atoms with E-state index in [1.807, 2.05) is 0 Å². The van der Waals surface area contributed by atoms with Crippen molar-refractivity contribution >= 4 is 5.69 Å². The Labute approximate surface area is 119 Å². The van der Waals surface area contributed by atoms with Crippen molar-refractivity contribution in [2.45, 2.75) is 13.0 Å². The summed E-state index contributed by atoms with van der Waals surface area (Å²) in [5.74, 6) is -1.60. The van der Waals surface area contributed by atoms with E-state index in [1.54, 1.807) is 6.92 Å². The summed E-state index contributed by atoms with van der Waals surface area (Å²) in [4.78, 5) is 10.2. The number of ether oxygens (including phenoxy) is 1. The normalized spacial score (nSPS) is 12.0. The molecule has 2 aromatic carbocycles. The molecular formula is C14H12F2N2O3. The zero-order valence-corrected chi connectivity index (χ0v) is 11.0. The molecule has 0 amide bonds. The summed E-state index contributed by atoms with van der Waals surface area (Å²) in [6.45, 7) is 1.55. The Hall–Kier alpha value is -2.54. The first-order chi connectivity index (χ1) is 9.90. The molecule has 110 valence electrons. The molecule has 0 aliphatic rings. The van der Waals surface area contributed by atoms with Crippen LogP contribution in [0.1, 0.15) is 18.5 Å². The van der Waals surface area contributed by atoms with Crippen LogP contribution in [-0.4, -0.2) is 4.92 Å². The fourth-order valence-corrected chi connectivity index (χ4v) is 1.89. The van der Waals surface area contributed by atoms with E-state index in [0.717, 1.165) is 18.2 Å². The second kappa shape index (κ2) is 5.84. The maximum absolute atomic E-state index is 13.8. The van der Waals surface area contributed by atoms with E-state index < -0.39 is 28.3 Å². The number of nitrogens with zero attached hydrogens (tertiary/aromatic N) is 1. The van der Waals surface area contributed by atoms with E-state index in [4.69, 9.17) is 10.5 Å². The maximum atomic E-state index is 13.8. The van der Waals surface area contributed by atoms with Crippen LogP contribution in [0.25, 0.3) is 0 Å². The highest BCUT2D eigenvalue weighted by molar-refractivity contribution is 5.50. The third-order valence-electron chi connectivity index (χ3n) is 2.81. The van der Waals surface area contributed by atoms with Crippen molar-refractivity contribution in [1.82, 2.24) is 0 Å². The van der Waals surface area contributed by atoms with Gasteiger partial charge in [-0.2, -0.15) is 0 Å². The lowest BCUT2D eigenvalue weighted by Gasteiger charge is -2.14. The number of hydrogen-bond donors (Lipinski definition) is 1. The highest BCUT2D eigenvalue weighted by atomic mass is 19.1. The van der Waals surface area contributed by atoms with Gasteiger partial charge in [-0.25, -0.2) is 8.78 Å². The van der Waals surface area contributed by atoms with Crippen LogP contribution in [-0.2, 0) is 0 Å². The zero-order chi connectivity index (χ0) is 15.6. The summed E-state index contributed by atoms with van der Waals surface area (Å²) in [6, 6.07) is 6.10. The van der Waals surface area contributed by atoms with Crippen LogP contribution < -0.4 is 10.5 Å². The minimum Gasteiger partial charge on any atom is -0.450 e. The minimum atomic E-state index is -0.709. The molecule has 0 spiro atoms. The monoisotopic (exact) mass is 294 g/mol. The standard InChI is InChI=1S/C14H12F2N2O3/c1-8(17)14-10(16)3-2-4-12(14)21-13-7-9(15)5-6-11(13)18(19)20/h2-8H,17H2,1H3/t8-/m0/s1. The molecule has 0 saturated carbocycles. The van der Waals surface area contributed by atoms with Gasteiger partial charge in [-0.3, -0.25) is 10.1 Å². The van der Waals surface area contributed by atoms with Crippen LogP contribution in [0.4, 0.5) is 14.5 Å². The smallest absolute Gasteiger partial charge is 0.311 e. The zero-order valence-electron chi connectivity index (χ0n) is 11.0. The van der Waals surface area contributed by atoms with Crippen LogP contribution in [0.3, 0.4) is 0 Å². The molecule has 7 heteroatoms. The van der Waals surface area contributed by atoms with Crippen LogP contribution in [0.15, 0.2) is 36.4 Å². The topological polar surface area (TPSA) is 78.4 Å². The number of nitro groups is 1. The molecule has 0 bridgehead atoms. The average Bonchev–Trinajstić information content (AvgIpc) is 2.37. The van der Waals surface area contributed by atoms with E-state index in [0.29, 0.717) is 0 Å². The highest BCUT2D eigenvalue weighted by Gasteiger charge is 2.20. The van der Waals surface area contributed by atoms with Gasteiger partial charge in [0.15, 0.2) is 0 Å². The summed E-state index contributed by atoms with van der Waals surface area (Å²) in [7, 11) is 0. The van der Waals surface area contributed by atoms with Gasteiger partial charge in [0.1, 0.15) is 17.4 Å². The molecule has 2 rings (SSSR count). The molecule has 2 N–H and O–H groups in total. The second-order valence-corrected chi connectivity index (χ2v) is 4.41. The third-order valence-corrected chi connectivity index (χ3v) is 2.81. The number of benzene rings is 2. The van der Waals surface area contributed by atoms with Gasteiger partial charge in [0.05, 0.1) is 4.92 Å². The minimum absolute atomic E-state index is 0.0127. The molecule has 0 heterocycles. The molecule has 1 atom stereocenters. The Balaban J connectivity index is 2.50. The van der Waals surface area contributed by atoms with Crippen molar-refractivity contribution in [1.29, 1.82) is 0 Å². The van der Waals surface area contributed by atoms with Gasteiger partial charge in [0, 0.05) is 23.7 Å². The number of halogens is 2. The van der Waals surface area contributed by atoms with Crippen LogP contribution in [0, 0.1) is 21.7 Å². The van der Waals surface area contributed by atoms with Gasteiger partial charge in [0.25, 0.3) is 0 Å². The van der Waals surface area contributed by atoms with E-state index >= 15 is 0 Å². The molecule has 2 aromatic rings. The molecule has 21 heavy (non-hydrogen) atoms. The predicted molar refractivity (Wildman–Crippen MR) is 72.1 cm³/mol. The van der Waals surface area contributed by atoms with Gasteiger partial charge >= 0.3 is 5.69 Å². The summed E-state index contributed by atoms with van der Waals surface area (Å²) >= 11 is 0. The molecule has 0 radical (unpaired) electrons. The van der Waals surface area contributed by atoms with Gasteiger partial charge in [-0.05, 0) is 25.1 Å². The molecule has 0 aliphatic heterocycles. The molecule has 5 nitrogen and oxygen atoms in total. The van der Waals surface area contributed by atoms with Gasteiger partial charge in [-0.1, -0.05) is 6.07 Å².